The molecule has 0 spiro atoms. The van der Waals surface area contributed by atoms with Gasteiger partial charge in [0.25, 0.3) is 10.1 Å². The molecule has 2 aliphatic rings. The van der Waals surface area contributed by atoms with Crippen LogP contribution in [0.5, 0.6) is 11.8 Å². The molecule has 23 nitrogen and oxygen atoms in total. The van der Waals surface area contributed by atoms with Gasteiger partial charge >= 0.3 is 11.9 Å². The summed E-state index contributed by atoms with van der Waals surface area (Å²) in [5.41, 5.74) is 9.33. The van der Waals surface area contributed by atoms with Crippen LogP contribution in [-0.2, 0) is 72.0 Å². The molecule has 2 fully saturated rings. The second kappa shape index (κ2) is 36.3. The lowest BCUT2D eigenvalue weighted by Crippen LogP contribution is -2.29. The summed E-state index contributed by atoms with van der Waals surface area (Å²) in [5, 5.41) is 1.70. The molecule has 0 amide bonds. The van der Waals surface area contributed by atoms with Crippen molar-refractivity contribution in [2.75, 3.05) is 73.7 Å². The van der Waals surface area contributed by atoms with Crippen LogP contribution in [0.1, 0.15) is 126 Å². The smallest absolute Gasteiger partial charge is 0.354 e. The Morgan fingerprint density at radius 1 is 0.567 bits per heavy atom. The van der Waals surface area contributed by atoms with E-state index in [0.29, 0.717) is 101 Å². The monoisotopic (exact) mass is 1350 g/mol. The molecule has 11 rings (SSSR count). The van der Waals surface area contributed by atoms with Gasteiger partial charge < -0.3 is 65.8 Å². The molecule has 2 saturated carbocycles. The van der Waals surface area contributed by atoms with Gasteiger partial charge in [0.2, 0.25) is 23.5 Å². The SMILES string of the molecule is CCOC(=O)c1cc2cc(OCCOC)ncc2[nH]1.CCOC(=O)c1cc2cc(OCCOC)ncc2n1CCO[C@@H]1CCC[C@H](OCc2nc(-c3cccc(C)c3)oc2C)C1.Cc1ccc(S(=O)(=O)OCCO[C@@H]2CCC[C@H](OCc3nc(-c4cccc(C)c4)oc3C)C2)cc1. The minimum Gasteiger partial charge on any atom is -0.475 e. The van der Waals surface area contributed by atoms with E-state index in [0.717, 1.165) is 124 Å². The maximum absolute atomic E-state index is 12.8. The summed E-state index contributed by atoms with van der Waals surface area (Å²) in [6.45, 7) is 17.8. The van der Waals surface area contributed by atoms with E-state index >= 15 is 0 Å². The molecule has 9 aromatic rings. The highest BCUT2D eigenvalue weighted by Crippen LogP contribution is 2.31. The van der Waals surface area contributed by atoms with Crippen molar-refractivity contribution in [2.45, 2.75) is 149 Å². The third kappa shape index (κ3) is 21.3. The van der Waals surface area contributed by atoms with E-state index in [1.807, 2.05) is 74.7 Å². The van der Waals surface area contributed by atoms with Crippen molar-refractivity contribution in [3.8, 4) is 34.7 Å². The predicted octanol–water partition coefficient (Wildman–Crippen LogP) is 13.3. The van der Waals surface area contributed by atoms with Gasteiger partial charge in [-0.05, 0) is 148 Å². The molecular formula is C73H90N6O17S. The maximum Gasteiger partial charge on any atom is 0.354 e. The van der Waals surface area contributed by atoms with Crippen molar-refractivity contribution in [2.24, 2.45) is 0 Å². The van der Waals surface area contributed by atoms with Crippen molar-refractivity contribution in [3.63, 3.8) is 0 Å². The first-order chi connectivity index (χ1) is 47.0. The van der Waals surface area contributed by atoms with E-state index in [4.69, 9.17) is 65.4 Å². The molecule has 24 heteroatoms. The minimum absolute atomic E-state index is 0.0145. The number of H-pyrrole nitrogens is 1. The van der Waals surface area contributed by atoms with Gasteiger partial charge in [0, 0.05) is 54.8 Å². The number of oxazole rings is 2. The van der Waals surface area contributed by atoms with Gasteiger partial charge in [0.15, 0.2) is 0 Å². The molecular weight excluding hydrogens is 1260 g/mol. The van der Waals surface area contributed by atoms with Gasteiger partial charge in [-0.3, -0.25) is 4.18 Å². The van der Waals surface area contributed by atoms with E-state index in [1.54, 1.807) is 76.9 Å². The summed E-state index contributed by atoms with van der Waals surface area (Å²) in [6.07, 6.45) is 11.0. The van der Waals surface area contributed by atoms with Crippen molar-refractivity contribution in [1.82, 2.24) is 29.5 Å². The Kier molecular flexibility index (Phi) is 27.3. The zero-order valence-corrected chi connectivity index (χ0v) is 57.7. The Labute approximate surface area is 566 Å². The molecule has 6 heterocycles. The summed E-state index contributed by atoms with van der Waals surface area (Å²) < 4.78 is 99.4. The molecule has 0 aliphatic heterocycles. The van der Waals surface area contributed by atoms with Crippen LogP contribution in [0.2, 0.25) is 0 Å². The summed E-state index contributed by atoms with van der Waals surface area (Å²) in [4.78, 5) is 45.4. The average Bonchev–Trinajstić information content (AvgIpc) is 1.64. The molecule has 2 aliphatic carbocycles. The zero-order valence-electron chi connectivity index (χ0n) is 56.9. The number of rotatable bonds is 30. The topological polar surface area (TPSA) is 268 Å². The van der Waals surface area contributed by atoms with Crippen LogP contribution in [0.15, 0.2) is 123 Å². The fourth-order valence-corrected chi connectivity index (χ4v) is 12.2. The van der Waals surface area contributed by atoms with Crippen LogP contribution in [0.3, 0.4) is 0 Å². The molecule has 0 bridgehead atoms. The van der Waals surface area contributed by atoms with E-state index < -0.39 is 10.1 Å². The lowest BCUT2D eigenvalue weighted by atomic mass is 9.95. The van der Waals surface area contributed by atoms with E-state index in [1.165, 1.54) is 0 Å². The number of pyridine rings is 2. The number of hydrogen-bond donors (Lipinski definition) is 1. The first-order valence-electron chi connectivity index (χ1n) is 33.0. The molecule has 1 N–H and O–H groups in total. The van der Waals surface area contributed by atoms with Gasteiger partial charge in [0.05, 0.1) is 112 Å². The molecule has 0 radical (unpaired) electrons. The Morgan fingerprint density at radius 2 is 1.09 bits per heavy atom. The number of ether oxygens (including phenoxy) is 10. The molecule has 520 valence electrons. The minimum atomic E-state index is -3.78. The standard InChI is InChI=1S/C33H41N3O7.C27H33NO6S.C13H16N2O4/c1-5-39-33(37)29-17-25-18-31(41-15-14-38-4)34-20-30(25)36(29)12-13-40-26-10-7-11-27(19-26)42-21-28-23(3)43-32(35-28)24-9-6-8-22(2)16-24;1-19-10-12-25(13-11-19)35(29,30)33-15-14-31-23-8-5-9-24(17-23)32-18-26-21(3)34-27(28-26)22-7-4-6-20(2)16-22;1-3-18-13(16)10-6-9-7-12(19-5-4-17-2)14-8-11(9)15-10/h6,8-9,16-18,20,26-27H,5,7,10-15,19,21H2,1-4H3;4,6-7,10-13,16,23-24H,5,8-9,14-15,17-18H2,1-3H3;6-8,15H,3-5H2,1-2H3/t26-,27+;23-,24+;/m11./s1. The zero-order chi connectivity index (χ0) is 68.7. The van der Waals surface area contributed by atoms with Crippen molar-refractivity contribution in [1.29, 1.82) is 0 Å². The number of fused-ring (bicyclic) bond motifs is 2. The maximum atomic E-state index is 12.8. The number of methoxy groups -OCH3 is 2. The molecule has 3 aromatic carbocycles. The highest BCUT2D eigenvalue weighted by Gasteiger charge is 2.27. The van der Waals surface area contributed by atoms with Crippen LogP contribution in [0.25, 0.3) is 44.7 Å². The van der Waals surface area contributed by atoms with Crippen molar-refractivity contribution >= 4 is 43.9 Å². The number of carbonyl (C=O) groups excluding carboxylic acids is 2. The molecule has 6 aromatic heterocycles. The number of aryl methyl sites for hydroxylation is 5. The predicted molar refractivity (Wildman–Crippen MR) is 363 cm³/mol. The average molecular weight is 1360 g/mol. The second-order valence-corrected chi connectivity index (χ2v) is 25.4. The van der Waals surface area contributed by atoms with Crippen LogP contribution >= 0.6 is 0 Å². The lowest BCUT2D eigenvalue weighted by Gasteiger charge is -2.29. The van der Waals surface area contributed by atoms with E-state index in [9.17, 15) is 18.0 Å². The molecule has 4 atom stereocenters. The summed E-state index contributed by atoms with van der Waals surface area (Å²) in [5.74, 6) is 3.00. The quantitative estimate of drug-likeness (QED) is 0.0249. The van der Waals surface area contributed by atoms with Crippen molar-refractivity contribution in [3.05, 3.63) is 160 Å². The number of aromatic amines is 1. The Morgan fingerprint density at radius 3 is 1.64 bits per heavy atom. The van der Waals surface area contributed by atoms with Gasteiger partial charge in [-0.1, -0.05) is 53.1 Å². The fraction of sp³-hybridized carbons (Fsp3) is 0.452. The molecule has 0 unspecified atom stereocenters. The number of hydrogen-bond acceptors (Lipinski definition) is 21. The van der Waals surface area contributed by atoms with Crippen molar-refractivity contribution < 1.29 is 78.4 Å². The number of carbonyl (C=O) groups is 2. The molecule has 97 heavy (non-hydrogen) atoms. The Bertz CT molecular complexity index is 4090. The normalized spacial score (nSPS) is 16.3. The number of nitrogens with one attached hydrogen (secondary N) is 1. The third-order valence-corrected chi connectivity index (χ3v) is 17.7. The highest BCUT2D eigenvalue weighted by molar-refractivity contribution is 7.86. The van der Waals surface area contributed by atoms with Crippen LogP contribution < -0.4 is 9.47 Å². The van der Waals surface area contributed by atoms with Gasteiger partial charge in [-0.2, -0.15) is 8.42 Å². The van der Waals surface area contributed by atoms with E-state index in [2.05, 4.69) is 45.1 Å². The number of esters is 2. The van der Waals surface area contributed by atoms with Crippen LogP contribution in [-0.4, -0.2) is 148 Å². The lowest BCUT2D eigenvalue weighted by molar-refractivity contribution is -0.0553. The van der Waals surface area contributed by atoms with E-state index in [-0.39, 0.29) is 54.5 Å². The summed E-state index contributed by atoms with van der Waals surface area (Å²) in [6, 6.07) is 29.9. The largest absolute Gasteiger partial charge is 0.475 e. The number of aromatic nitrogens is 6. The van der Waals surface area contributed by atoms with Gasteiger partial charge in [-0.25, -0.2) is 29.5 Å². The van der Waals surface area contributed by atoms with Gasteiger partial charge in [-0.15, -0.1) is 0 Å². The number of benzene rings is 3. The summed E-state index contributed by atoms with van der Waals surface area (Å²) in [7, 11) is -0.545. The Hall–Kier alpha value is -8.33. The molecule has 0 saturated heterocycles. The van der Waals surface area contributed by atoms with Crippen LogP contribution in [0.4, 0.5) is 0 Å². The highest BCUT2D eigenvalue weighted by atomic mass is 32.2. The second-order valence-electron chi connectivity index (χ2n) is 23.7. The number of nitrogens with zero attached hydrogens (tertiary/aromatic N) is 5. The first kappa shape index (κ1) is 72.9. The third-order valence-electron chi connectivity index (χ3n) is 16.3. The van der Waals surface area contributed by atoms with Crippen LogP contribution in [0, 0.1) is 34.6 Å². The summed E-state index contributed by atoms with van der Waals surface area (Å²) >= 11 is 0. The first-order valence-corrected chi connectivity index (χ1v) is 34.4. The fourth-order valence-electron chi connectivity index (χ4n) is 11.3. The Balaban J connectivity index is 0.000000183. The van der Waals surface area contributed by atoms with Gasteiger partial charge in [0.1, 0.15) is 47.5 Å².